The summed E-state index contributed by atoms with van der Waals surface area (Å²) in [6.45, 7) is 1.19. The van der Waals surface area contributed by atoms with Crippen molar-refractivity contribution in [1.29, 1.82) is 0 Å². The first-order valence-corrected chi connectivity index (χ1v) is 9.60. The molecule has 1 heterocycles. The Morgan fingerprint density at radius 1 is 1.14 bits per heavy atom. The van der Waals surface area contributed by atoms with Crippen LogP contribution in [0.3, 0.4) is 0 Å². The standard InChI is InChI=1S/C20H19BrN2O6/c1-12(13-5-6-16-17(8-13)29-11-28-16)23-18(24)10-27-19(25)9-22-20(26)14-3-2-4-15(21)7-14/h2-8,12H,9-11H2,1H3,(H,22,26)(H,23,24)/t12-/m1/s1. The summed E-state index contributed by atoms with van der Waals surface area (Å²) in [7, 11) is 0. The molecule has 0 aliphatic carbocycles. The van der Waals surface area contributed by atoms with Crippen LogP contribution in [-0.2, 0) is 14.3 Å². The molecule has 2 amide bonds. The van der Waals surface area contributed by atoms with Gasteiger partial charge in [0.25, 0.3) is 11.8 Å². The Labute approximate surface area is 175 Å². The summed E-state index contributed by atoms with van der Waals surface area (Å²) >= 11 is 3.27. The van der Waals surface area contributed by atoms with Crippen LogP contribution in [0.5, 0.6) is 11.5 Å². The number of ether oxygens (including phenoxy) is 3. The van der Waals surface area contributed by atoms with Gasteiger partial charge in [-0.25, -0.2) is 0 Å². The Bertz CT molecular complexity index is 933. The van der Waals surface area contributed by atoms with Crippen molar-refractivity contribution in [1.82, 2.24) is 10.6 Å². The van der Waals surface area contributed by atoms with Crippen molar-refractivity contribution in [2.75, 3.05) is 19.9 Å². The zero-order valence-electron chi connectivity index (χ0n) is 15.6. The van der Waals surface area contributed by atoms with Crippen LogP contribution in [-0.4, -0.2) is 37.7 Å². The molecule has 0 bridgehead atoms. The van der Waals surface area contributed by atoms with Gasteiger partial charge in [0.15, 0.2) is 18.1 Å². The van der Waals surface area contributed by atoms with Crippen molar-refractivity contribution in [3.63, 3.8) is 0 Å². The van der Waals surface area contributed by atoms with E-state index in [0.717, 1.165) is 10.0 Å². The number of esters is 1. The molecule has 3 rings (SSSR count). The molecule has 8 nitrogen and oxygen atoms in total. The summed E-state index contributed by atoms with van der Waals surface area (Å²) in [5.74, 6) is -0.299. The van der Waals surface area contributed by atoms with Crippen molar-refractivity contribution in [3.8, 4) is 11.5 Å². The molecule has 1 aliphatic rings. The summed E-state index contributed by atoms with van der Waals surface area (Å²) in [6, 6.07) is 11.8. The number of amides is 2. The minimum atomic E-state index is -0.709. The molecule has 2 aromatic rings. The van der Waals surface area contributed by atoms with Crippen LogP contribution < -0.4 is 20.1 Å². The lowest BCUT2D eigenvalue weighted by atomic mass is 10.1. The molecule has 9 heteroatoms. The zero-order chi connectivity index (χ0) is 20.8. The second-order valence-corrected chi connectivity index (χ2v) is 7.17. The monoisotopic (exact) mass is 462 g/mol. The van der Waals surface area contributed by atoms with Crippen molar-refractivity contribution in [2.24, 2.45) is 0 Å². The van der Waals surface area contributed by atoms with Gasteiger partial charge in [0.2, 0.25) is 6.79 Å². The topological polar surface area (TPSA) is 103 Å². The molecule has 29 heavy (non-hydrogen) atoms. The van der Waals surface area contributed by atoms with Crippen molar-refractivity contribution in [3.05, 3.63) is 58.1 Å². The highest BCUT2D eigenvalue weighted by atomic mass is 79.9. The molecule has 0 fully saturated rings. The predicted octanol–water partition coefficient (Wildman–Crippen LogP) is 2.33. The fourth-order valence-corrected chi connectivity index (χ4v) is 3.03. The smallest absolute Gasteiger partial charge is 0.325 e. The first-order chi connectivity index (χ1) is 13.9. The van der Waals surface area contributed by atoms with E-state index in [1.807, 2.05) is 6.07 Å². The number of hydrogen-bond donors (Lipinski definition) is 2. The lowest BCUT2D eigenvalue weighted by Crippen LogP contribution is -2.34. The minimum absolute atomic E-state index is 0.174. The summed E-state index contributed by atoms with van der Waals surface area (Å²) in [5, 5.41) is 5.18. The molecule has 0 radical (unpaired) electrons. The highest BCUT2D eigenvalue weighted by Crippen LogP contribution is 2.34. The lowest BCUT2D eigenvalue weighted by molar-refractivity contribution is -0.147. The van der Waals surface area contributed by atoms with Gasteiger partial charge in [-0.05, 0) is 42.8 Å². The third-order valence-corrected chi connectivity index (χ3v) is 4.61. The SMILES string of the molecule is C[C@@H](NC(=O)COC(=O)CNC(=O)c1cccc(Br)c1)c1ccc2c(c1)OCO2. The van der Waals surface area contributed by atoms with Gasteiger partial charge in [-0.2, -0.15) is 0 Å². The normalized spacial score (nSPS) is 12.8. The number of halogens is 1. The lowest BCUT2D eigenvalue weighted by Gasteiger charge is -2.15. The van der Waals surface area contributed by atoms with E-state index in [9.17, 15) is 14.4 Å². The van der Waals surface area contributed by atoms with E-state index in [-0.39, 0.29) is 19.4 Å². The predicted molar refractivity (Wildman–Crippen MR) is 107 cm³/mol. The van der Waals surface area contributed by atoms with Crippen molar-refractivity contribution in [2.45, 2.75) is 13.0 Å². The molecule has 1 atom stereocenters. The van der Waals surface area contributed by atoms with Gasteiger partial charge in [-0.3, -0.25) is 14.4 Å². The molecular weight excluding hydrogens is 444 g/mol. The fourth-order valence-electron chi connectivity index (χ4n) is 2.63. The largest absolute Gasteiger partial charge is 0.454 e. The van der Waals surface area contributed by atoms with Crippen LogP contribution in [0.25, 0.3) is 0 Å². The van der Waals surface area contributed by atoms with E-state index < -0.39 is 24.4 Å². The number of benzene rings is 2. The average Bonchev–Trinajstić information content (AvgIpc) is 3.18. The third kappa shape index (κ3) is 5.71. The van der Waals surface area contributed by atoms with Crippen LogP contribution in [0, 0.1) is 0 Å². The molecular formula is C20H19BrN2O6. The Morgan fingerprint density at radius 2 is 1.93 bits per heavy atom. The minimum Gasteiger partial charge on any atom is -0.454 e. The molecule has 0 spiro atoms. The number of hydrogen-bond acceptors (Lipinski definition) is 6. The second kappa shape index (κ2) is 9.42. The van der Waals surface area contributed by atoms with E-state index in [1.165, 1.54) is 0 Å². The third-order valence-electron chi connectivity index (χ3n) is 4.12. The number of fused-ring (bicyclic) bond motifs is 1. The molecule has 0 aromatic heterocycles. The van der Waals surface area contributed by atoms with Gasteiger partial charge in [-0.1, -0.05) is 28.1 Å². The van der Waals surface area contributed by atoms with Gasteiger partial charge in [0, 0.05) is 10.0 Å². The van der Waals surface area contributed by atoms with Crippen molar-refractivity contribution < 1.29 is 28.6 Å². The number of nitrogens with one attached hydrogen (secondary N) is 2. The Hall–Kier alpha value is -3.07. The van der Waals surface area contributed by atoms with E-state index in [0.29, 0.717) is 17.1 Å². The van der Waals surface area contributed by atoms with Gasteiger partial charge >= 0.3 is 5.97 Å². The second-order valence-electron chi connectivity index (χ2n) is 6.26. The van der Waals surface area contributed by atoms with E-state index in [2.05, 4.69) is 26.6 Å². The van der Waals surface area contributed by atoms with Gasteiger partial charge in [-0.15, -0.1) is 0 Å². The molecule has 0 saturated heterocycles. The van der Waals surface area contributed by atoms with Gasteiger partial charge in [0.05, 0.1) is 6.04 Å². The van der Waals surface area contributed by atoms with Crippen LogP contribution in [0.15, 0.2) is 46.9 Å². The van der Waals surface area contributed by atoms with Crippen LogP contribution in [0.2, 0.25) is 0 Å². The summed E-state index contributed by atoms with van der Waals surface area (Å²) in [4.78, 5) is 35.8. The van der Waals surface area contributed by atoms with Crippen LogP contribution in [0.4, 0.5) is 0 Å². The Kier molecular flexibility index (Phi) is 6.71. The molecule has 0 unspecified atom stereocenters. The molecule has 2 N–H and O–H groups in total. The summed E-state index contributed by atoms with van der Waals surface area (Å²) in [6.07, 6.45) is 0. The van der Waals surface area contributed by atoms with Crippen molar-refractivity contribution >= 4 is 33.7 Å². The highest BCUT2D eigenvalue weighted by molar-refractivity contribution is 9.10. The Morgan fingerprint density at radius 3 is 2.72 bits per heavy atom. The molecule has 152 valence electrons. The fraction of sp³-hybridized carbons (Fsp3) is 0.250. The maximum Gasteiger partial charge on any atom is 0.325 e. The van der Waals surface area contributed by atoms with E-state index >= 15 is 0 Å². The van der Waals surface area contributed by atoms with Crippen LogP contribution >= 0.6 is 15.9 Å². The zero-order valence-corrected chi connectivity index (χ0v) is 17.2. The first kappa shape index (κ1) is 20.7. The molecule has 2 aromatic carbocycles. The van der Waals surface area contributed by atoms with E-state index in [4.69, 9.17) is 14.2 Å². The summed E-state index contributed by atoms with van der Waals surface area (Å²) in [5.41, 5.74) is 1.23. The molecule has 1 aliphatic heterocycles. The number of carbonyl (C=O) groups is 3. The summed E-state index contributed by atoms with van der Waals surface area (Å²) < 4.78 is 16.2. The number of rotatable bonds is 7. The molecule has 0 saturated carbocycles. The maximum atomic E-state index is 12.0. The quantitative estimate of drug-likeness (QED) is 0.612. The van der Waals surface area contributed by atoms with Crippen LogP contribution in [0.1, 0.15) is 28.9 Å². The number of carbonyl (C=O) groups excluding carboxylic acids is 3. The van der Waals surface area contributed by atoms with Gasteiger partial charge < -0.3 is 24.8 Å². The highest BCUT2D eigenvalue weighted by Gasteiger charge is 2.17. The maximum absolute atomic E-state index is 12.0. The van der Waals surface area contributed by atoms with Gasteiger partial charge in [0.1, 0.15) is 6.54 Å². The van der Waals surface area contributed by atoms with E-state index in [1.54, 1.807) is 43.3 Å². The Balaban J connectivity index is 1.40. The first-order valence-electron chi connectivity index (χ1n) is 8.80. The average molecular weight is 463 g/mol.